The Morgan fingerprint density at radius 3 is 1.52 bits per heavy atom. The van der Waals surface area contributed by atoms with Gasteiger partial charge in [-0.1, -0.05) is 188 Å². The fourth-order valence-electron chi connectivity index (χ4n) is 10.5. The third kappa shape index (κ3) is 4.89. The van der Waals surface area contributed by atoms with E-state index in [0.29, 0.717) is 11.2 Å². The van der Waals surface area contributed by atoms with Gasteiger partial charge in [-0.3, -0.25) is 0 Å². The van der Waals surface area contributed by atoms with Crippen LogP contribution in [0.4, 0.5) is 0 Å². The molecule has 11 aromatic rings. The Labute approximate surface area is 351 Å². The van der Waals surface area contributed by atoms with Gasteiger partial charge in [-0.15, -0.1) is 11.8 Å². The molecular weight excluding hydrogens is 745 g/mol. The maximum Gasteiger partial charge on any atom is 0.143 e. The van der Waals surface area contributed by atoms with Crippen LogP contribution in [-0.4, -0.2) is 5.25 Å². The van der Waals surface area contributed by atoms with Crippen molar-refractivity contribution in [1.82, 2.24) is 0 Å². The number of hydrogen-bond acceptors (Lipinski definition) is 2. The van der Waals surface area contributed by atoms with E-state index in [1.165, 1.54) is 92.5 Å². The Balaban J connectivity index is 1.07. The minimum atomic E-state index is 0.404. The second kappa shape index (κ2) is 13.2. The van der Waals surface area contributed by atoms with Gasteiger partial charge in [0, 0.05) is 38.0 Å². The summed E-state index contributed by atoms with van der Waals surface area (Å²) in [6.07, 6.45) is 9.12. The summed E-state index contributed by atoms with van der Waals surface area (Å²) >= 11 is 1.99. The number of rotatable bonds is 4. The zero-order valence-electron chi connectivity index (χ0n) is 32.6. The zero-order valence-corrected chi connectivity index (χ0v) is 33.4. The van der Waals surface area contributed by atoms with E-state index in [1.54, 1.807) is 0 Å². The van der Waals surface area contributed by atoms with Crippen molar-refractivity contribution in [2.75, 3.05) is 0 Å². The van der Waals surface area contributed by atoms with E-state index in [-0.39, 0.29) is 0 Å². The van der Waals surface area contributed by atoms with Gasteiger partial charge in [0.2, 0.25) is 0 Å². The van der Waals surface area contributed by atoms with Gasteiger partial charge in [-0.2, -0.15) is 0 Å². The summed E-state index contributed by atoms with van der Waals surface area (Å²) in [5.41, 5.74) is 13.0. The molecule has 13 rings (SSSR count). The standard InChI is InChI=1S/C58H36OS/c1-2-16-35(17-3-1)53-38-19-4-10-25-44(38)56(45-26-11-5-20-39(45)53)47-28-14-29-48-57-46(27-15-30-50(57)59-58(47)48)55-42-23-8-6-21-40(42)54(41-22-7-9-24-43(41)55)36-32-33-52-49(34-36)37-18-12-13-31-51(37)60-52/h1-34,37,51H. The smallest absolute Gasteiger partial charge is 0.143 e. The van der Waals surface area contributed by atoms with Crippen LogP contribution in [0, 0.1) is 0 Å². The van der Waals surface area contributed by atoms with Gasteiger partial charge in [0.15, 0.2) is 0 Å². The SMILES string of the molecule is C1=CC2Sc3ccc(-c4c5ccccc5c(-c5cccc6oc7c(-c8c9ccccc9c(-c9ccccc9)c9ccccc89)cccc7c56)c5ccccc45)cc3C2C=C1. The average molecular weight is 781 g/mol. The Kier molecular flexibility index (Phi) is 7.43. The predicted molar refractivity (Wildman–Crippen MR) is 256 cm³/mol. The first-order valence-corrected chi connectivity index (χ1v) is 21.7. The van der Waals surface area contributed by atoms with Crippen LogP contribution < -0.4 is 0 Å². The molecule has 280 valence electrons. The molecule has 1 nitrogen and oxygen atoms in total. The minimum Gasteiger partial charge on any atom is -0.455 e. The van der Waals surface area contributed by atoms with Crippen LogP contribution in [0.25, 0.3) is 110 Å². The maximum atomic E-state index is 7.10. The summed E-state index contributed by atoms with van der Waals surface area (Å²) in [6, 6.07) is 67.0. The Bertz CT molecular complexity index is 3530. The molecule has 1 aliphatic carbocycles. The highest BCUT2D eigenvalue weighted by Crippen LogP contribution is 2.52. The van der Waals surface area contributed by atoms with Gasteiger partial charge in [0.05, 0.1) is 0 Å². The van der Waals surface area contributed by atoms with Crippen molar-refractivity contribution in [2.24, 2.45) is 0 Å². The van der Waals surface area contributed by atoms with E-state index in [2.05, 4.69) is 206 Å². The van der Waals surface area contributed by atoms with Crippen LogP contribution in [0.3, 0.4) is 0 Å². The summed E-state index contributed by atoms with van der Waals surface area (Å²) < 4.78 is 7.10. The molecule has 0 radical (unpaired) electrons. The number of fused-ring (bicyclic) bond motifs is 10. The highest BCUT2D eigenvalue weighted by molar-refractivity contribution is 8.00. The molecule has 2 aliphatic rings. The average Bonchev–Trinajstić information content (AvgIpc) is 3.89. The number of para-hydroxylation sites is 1. The van der Waals surface area contributed by atoms with E-state index < -0.39 is 0 Å². The Morgan fingerprint density at radius 1 is 0.383 bits per heavy atom. The fraction of sp³-hybridized carbons (Fsp3) is 0.0345. The molecule has 0 spiro atoms. The molecule has 1 aromatic heterocycles. The van der Waals surface area contributed by atoms with Gasteiger partial charge in [-0.25, -0.2) is 0 Å². The number of hydrogen-bond donors (Lipinski definition) is 0. The van der Waals surface area contributed by atoms with Gasteiger partial charge >= 0.3 is 0 Å². The van der Waals surface area contributed by atoms with Crippen LogP contribution in [0.15, 0.2) is 216 Å². The normalized spacial score (nSPS) is 15.8. The molecule has 0 N–H and O–H groups in total. The largest absolute Gasteiger partial charge is 0.455 e. The van der Waals surface area contributed by atoms with E-state index in [1.807, 2.05) is 11.8 Å². The number of thioether (sulfide) groups is 1. The first-order valence-electron chi connectivity index (χ1n) is 20.8. The van der Waals surface area contributed by atoms with Crippen molar-refractivity contribution < 1.29 is 4.42 Å². The predicted octanol–water partition coefficient (Wildman–Crippen LogP) is 16.6. The van der Waals surface area contributed by atoms with E-state index >= 15 is 0 Å². The third-order valence-electron chi connectivity index (χ3n) is 13.0. The zero-order chi connectivity index (χ0) is 39.3. The molecule has 0 bridgehead atoms. The molecule has 2 atom stereocenters. The second-order valence-electron chi connectivity index (χ2n) is 16.1. The quantitative estimate of drug-likeness (QED) is 0.165. The lowest BCUT2D eigenvalue weighted by Gasteiger charge is -2.19. The lowest BCUT2D eigenvalue weighted by atomic mass is 9.83. The highest BCUT2D eigenvalue weighted by Gasteiger charge is 2.32. The lowest BCUT2D eigenvalue weighted by Crippen LogP contribution is -2.06. The molecule has 2 heterocycles. The van der Waals surface area contributed by atoms with Crippen molar-refractivity contribution in [2.45, 2.75) is 16.1 Å². The third-order valence-corrected chi connectivity index (χ3v) is 14.3. The molecule has 2 unspecified atom stereocenters. The lowest BCUT2D eigenvalue weighted by molar-refractivity contribution is 0.670. The molecule has 0 saturated carbocycles. The molecule has 0 saturated heterocycles. The van der Waals surface area contributed by atoms with Crippen molar-refractivity contribution in [3.8, 4) is 44.5 Å². The maximum absolute atomic E-state index is 7.10. The first-order chi connectivity index (χ1) is 29.8. The molecule has 0 fully saturated rings. The summed E-state index contributed by atoms with van der Waals surface area (Å²) in [4.78, 5) is 1.39. The Hall–Kier alpha value is -7.13. The van der Waals surface area contributed by atoms with Crippen LogP contribution in [0.1, 0.15) is 11.5 Å². The summed E-state index contributed by atoms with van der Waals surface area (Å²) in [6.45, 7) is 0. The fourth-order valence-corrected chi connectivity index (χ4v) is 11.8. The van der Waals surface area contributed by atoms with Crippen LogP contribution in [-0.2, 0) is 0 Å². The summed E-state index contributed by atoms with van der Waals surface area (Å²) in [5, 5.41) is 12.6. The number of allylic oxidation sites excluding steroid dienone is 3. The highest BCUT2D eigenvalue weighted by atomic mass is 32.2. The summed E-state index contributed by atoms with van der Waals surface area (Å²) in [7, 11) is 0. The molecule has 2 heteroatoms. The van der Waals surface area contributed by atoms with Crippen molar-refractivity contribution >= 4 is 76.8 Å². The molecule has 0 amide bonds. The minimum absolute atomic E-state index is 0.404. The van der Waals surface area contributed by atoms with Gasteiger partial charge in [0.25, 0.3) is 0 Å². The number of benzene rings is 10. The van der Waals surface area contributed by atoms with Crippen molar-refractivity contribution in [3.05, 3.63) is 212 Å². The van der Waals surface area contributed by atoms with Crippen molar-refractivity contribution in [3.63, 3.8) is 0 Å². The van der Waals surface area contributed by atoms with E-state index in [4.69, 9.17) is 4.42 Å². The molecule has 1 aliphatic heterocycles. The topological polar surface area (TPSA) is 13.1 Å². The molecular formula is C58H36OS. The molecule has 60 heavy (non-hydrogen) atoms. The Morgan fingerprint density at radius 2 is 0.883 bits per heavy atom. The van der Waals surface area contributed by atoms with Gasteiger partial charge in [-0.05, 0) is 100 Å². The van der Waals surface area contributed by atoms with Gasteiger partial charge < -0.3 is 4.42 Å². The second-order valence-corrected chi connectivity index (χ2v) is 17.4. The van der Waals surface area contributed by atoms with Crippen LogP contribution >= 0.6 is 11.8 Å². The summed E-state index contributed by atoms with van der Waals surface area (Å²) in [5.74, 6) is 0.404. The monoisotopic (exact) mass is 780 g/mol. The van der Waals surface area contributed by atoms with Crippen LogP contribution in [0.2, 0.25) is 0 Å². The van der Waals surface area contributed by atoms with Crippen LogP contribution in [0.5, 0.6) is 0 Å². The van der Waals surface area contributed by atoms with Crippen molar-refractivity contribution in [1.29, 1.82) is 0 Å². The molecule has 10 aromatic carbocycles. The van der Waals surface area contributed by atoms with E-state index in [9.17, 15) is 0 Å². The van der Waals surface area contributed by atoms with E-state index in [0.717, 1.165) is 27.5 Å². The first kappa shape index (κ1) is 33.8. The van der Waals surface area contributed by atoms with Gasteiger partial charge in [0.1, 0.15) is 11.2 Å². The number of furan rings is 1.